The van der Waals surface area contributed by atoms with Gasteiger partial charge < -0.3 is 14.4 Å². The summed E-state index contributed by atoms with van der Waals surface area (Å²) in [6.45, 7) is 2.06. The summed E-state index contributed by atoms with van der Waals surface area (Å²) < 4.78 is 10.7. The van der Waals surface area contributed by atoms with Crippen LogP contribution in [0.15, 0.2) is 24.3 Å². The zero-order valence-corrected chi connectivity index (χ0v) is 14.0. The van der Waals surface area contributed by atoms with Crippen molar-refractivity contribution in [1.29, 1.82) is 0 Å². The molecule has 1 unspecified atom stereocenters. The number of piperidine rings is 1. The number of amides is 1. The molecule has 4 heteroatoms. The van der Waals surface area contributed by atoms with Crippen molar-refractivity contribution in [3.63, 3.8) is 0 Å². The molecule has 0 radical (unpaired) electrons. The number of hydrogen-bond donors (Lipinski definition) is 0. The summed E-state index contributed by atoms with van der Waals surface area (Å²) in [5, 5.41) is 0. The molecule has 2 fully saturated rings. The van der Waals surface area contributed by atoms with Crippen molar-refractivity contribution >= 4 is 6.09 Å². The molecule has 2 bridgehead atoms. The van der Waals surface area contributed by atoms with Crippen molar-refractivity contribution in [3.05, 3.63) is 35.4 Å². The first-order chi connectivity index (χ1) is 11.1. The number of benzene rings is 1. The Bertz CT molecular complexity index is 644. The van der Waals surface area contributed by atoms with E-state index in [4.69, 9.17) is 9.47 Å². The molecule has 1 aromatic rings. The van der Waals surface area contributed by atoms with Crippen LogP contribution in [0, 0.1) is 18.8 Å². The van der Waals surface area contributed by atoms with Crippen LogP contribution in [0.3, 0.4) is 0 Å². The van der Waals surface area contributed by atoms with E-state index in [1.54, 1.807) is 7.11 Å². The van der Waals surface area contributed by atoms with Gasteiger partial charge in [0.05, 0.1) is 7.11 Å². The van der Waals surface area contributed by atoms with Gasteiger partial charge in [-0.3, -0.25) is 0 Å². The second kappa shape index (κ2) is 6.25. The highest BCUT2D eigenvalue weighted by atomic mass is 16.5. The Labute approximate surface area is 137 Å². The molecule has 2 aliphatic rings. The number of fused-ring (bicyclic) bond motifs is 2. The molecule has 2 heterocycles. The monoisotopic (exact) mass is 313 g/mol. The van der Waals surface area contributed by atoms with Crippen molar-refractivity contribution in [1.82, 2.24) is 4.90 Å². The van der Waals surface area contributed by atoms with E-state index in [9.17, 15) is 4.79 Å². The van der Waals surface area contributed by atoms with Crippen LogP contribution >= 0.6 is 0 Å². The Hall–Kier alpha value is -1.99. The van der Waals surface area contributed by atoms with E-state index in [1.807, 2.05) is 17.0 Å². The molecule has 0 N–H and O–H groups in total. The van der Waals surface area contributed by atoms with Gasteiger partial charge in [-0.2, -0.15) is 0 Å². The van der Waals surface area contributed by atoms with Crippen LogP contribution in [0.1, 0.15) is 36.8 Å². The van der Waals surface area contributed by atoms with Crippen molar-refractivity contribution in [3.8, 4) is 11.8 Å². The lowest BCUT2D eigenvalue weighted by atomic mass is 9.86. The number of hydrogen-bond acceptors (Lipinski definition) is 3. The molecule has 3 atom stereocenters. The molecule has 23 heavy (non-hydrogen) atoms. The van der Waals surface area contributed by atoms with E-state index in [1.165, 1.54) is 12.7 Å². The largest absolute Gasteiger partial charge is 0.453 e. The molecular formula is C19H23NO3. The maximum atomic E-state index is 12.0. The quantitative estimate of drug-likeness (QED) is 0.748. The number of ether oxygens (including phenoxy) is 2. The minimum Gasteiger partial charge on any atom is -0.453 e. The van der Waals surface area contributed by atoms with Crippen LogP contribution in [0.4, 0.5) is 4.79 Å². The molecule has 0 aromatic heterocycles. The Morgan fingerprint density at radius 2 is 1.96 bits per heavy atom. The Morgan fingerprint density at radius 3 is 2.52 bits per heavy atom. The lowest BCUT2D eigenvalue weighted by molar-refractivity contribution is -0.0366. The molecule has 122 valence electrons. The van der Waals surface area contributed by atoms with Crippen LogP contribution < -0.4 is 0 Å². The summed E-state index contributed by atoms with van der Waals surface area (Å²) in [7, 11) is 3.16. The second-order valence-corrected chi connectivity index (χ2v) is 6.49. The molecular weight excluding hydrogens is 290 g/mol. The van der Waals surface area contributed by atoms with E-state index in [0.29, 0.717) is 0 Å². The van der Waals surface area contributed by atoms with Gasteiger partial charge in [0, 0.05) is 37.6 Å². The van der Waals surface area contributed by atoms with Crippen LogP contribution in [0.25, 0.3) is 0 Å². The molecule has 2 saturated heterocycles. The number of nitrogens with zero attached hydrogens (tertiary/aromatic N) is 1. The standard InChI is InChI=1S/C19H23NO3/c1-14-5-4-6-15(11-14)9-10-19(23-3)12-16-7-8-17(13-19)20(16)18(21)22-2/h4-6,11,16-17H,7-8,12-13H2,1-3H3/t16-,17+,19?. The van der Waals surface area contributed by atoms with E-state index >= 15 is 0 Å². The highest BCUT2D eigenvalue weighted by molar-refractivity contribution is 5.69. The zero-order chi connectivity index (χ0) is 16.4. The van der Waals surface area contributed by atoms with E-state index in [-0.39, 0.29) is 18.2 Å². The van der Waals surface area contributed by atoms with Crippen LogP contribution in [0.2, 0.25) is 0 Å². The summed E-state index contributed by atoms with van der Waals surface area (Å²) >= 11 is 0. The van der Waals surface area contributed by atoms with Gasteiger partial charge in [0.2, 0.25) is 0 Å². The van der Waals surface area contributed by atoms with Gasteiger partial charge in [-0.25, -0.2) is 4.79 Å². The summed E-state index contributed by atoms with van der Waals surface area (Å²) in [6, 6.07) is 8.49. The van der Waals surface area contributed by atoms with Crippen LogP contribution in [-0.4, -0.2) is 42.9 Å². The first-order valence-electron chi connectivity index (χ1n) is 8.08. The van der Waals surface area contributed by atoms with Gasteiger partial charge in [0.1, 0.15) is 5.60 Å². The summed E-state index contributed by atoms with van der Waals surface area (Å²) in [5.41, 5.74) is 1.73. The Kier molecular flexibility index (Phi) is 4.32. The summed E-state index contributed by atoms with van der Waals surface area (Å²) in [6.07, 6.45) is 3.25. The van der Waals surface area contributed by atoms with Crippen LogP contribution in [0.5, 0.6) is 0 Å². The number of methoxy groups -OCH3 is 2. The number of aryl methyl sites for hydroxylation is 1. The van der Waals surface area contributed by atoms with Gasteiger partial charge in [-0.15, -0.1) is 0 Å². The number of carbonyl (C=O) groups excluding carboxylic acids is 1. The fourth-order valence-corrected chi connectivity index (χ4v) is 3.84. The van der Waals surface area contributed by atoms with Gasteiger partial charge in [-0.1, -0.05) is 24.0 Å². The van der Waals surface area contributed by atoms with Crippen molar-refractivity contribution in [2.45, 2.75) is 50.3 Å². The third kappa shape index (κ3) is 3.07. The highest BCUT2D eigenvalue weighted by Gasteiger charge is 2.50. The normalized spacial score (nSPS) is 28.9. The Balaban J connectivity index is 1.83. The summed E-state index contributed by atoms with van der Waals surface area (Å²) in [4.78, 5) is 13.9. The van der Waals surface area contributed by atoms with Gasteiger partial charge in [0.15, 0.2) is 0 Å². The minimum absolute atomic E-state index is 0.160. The number of rotatable bonds is 1. The van der Waals surface area contributed by atoms with Crippen LogP contribution in [-0.2, 0) is 9.47 Å². The highest BCUT2D eigenvalue weighted by Crippen LogP contribution is 2.42. The topological polar surface area (TPSA) is 38.8 Å². The third-order valence-corrected chi connectivity index (χ3v) is 4.98. The molecule has 0 spiro atoms. The lowest BCUT2D eigenvalue weighted by Gasteiger charge is -2.42. The van der Waals surface area contributed by atoms with Crippen molar-refractivity contribution in [2.75, 3.05) is 14.2 Å². The Morgan fingerprint density at radius 1 is 1.26 bits per heavy atom. The smallest absolute Gasteiger partial charge is 0.409 e. The SMILES string of the molecule is COC(=O)N1[C@@H]2CC[C@H]1CC(C#Cc1cccc(C)c1)(OC)C2. The van der Waals surface area contributed by atoms with Gasteiger partial charge >= 0.3 is 6.09 Å². The molecule has 0 saturated carbocycles. The molecule has 4 nitrogen and oxygen atoms in total. The fraction of sp³-hybridized carbons (Fsp3) is 0.526. The average molecular weight is 313 g/mol. The van der Waals surface area contributed by atoms with Crippen molar-refractivity contribution < 1.29 is 14.3 Å². The maximum Gasteiger partial charge on any atom is 0.409 e. The molecule has 1 aromatic carbocycles. The summed E-state index contributed by atoms with van der Waals surface area (Å²) in [5.74, 6) is 6.62. The van der Waals surface area contributed by atoms with Gasteiger partial charge in [-0.05, 0) is 37.5 Å². The molecule has 0 aliphatic carbocycles. The molecule has 1 amide bonds. The third-order valence-electron chi connectivity index (χ3n) is 4.98. The lowest BCUT2D eigenvalue weighted by Crippen LogP contribution is -2.53. The molecule has 3 rings (SSSR count). The van der Waals surface area contributed by atoms with E-state index in [2.05, 4.69) is 30.9 Å². The van der Waals surface area contributed by atoms with Crippen molar-refractivity contribution in [2.24, 2.45) is 0 Å². The predicted molar refractivity (Wildman–Crippen MR) is 88.1 cm³/mol. The zero-order valence-electron chi connectivity index (χ0n) is 14.0. The van der Waals surface area contributed by atoms with E-state index < -0.39 is 5.60 Å². The first kappa shape index (κ1) is 15.9. The first-order valence-corrected chi connectivity index (χ1v) is 8.08. The maximum absolute atomic E-state index is 12.0. The molecule has 2 aliphatic heterocycles. The van der Waals surface area contributed by atoms with E-state index in [0.717, 1.165) is 31.2 Å². The number of carbonyl (C=O) groups is 1. The average Bonchev–Trinajstić information content (AvgIpc) is 2.84. The minimum atomic E-state index is -0.472. The fourth-order valence-electron chi connectivity index (χ4n) is 3.84. The second-order valence-electron chi connectivity index (χ2n) is 6.49. The van der Waals surface area contributed by atoms with Gasteiger partial charge in [0.25, 0.3) is 0 Å². The predicted octanol–water partition coefficient (Wildman–Crippen LogP) is 3.12.